The van der Waals surface area contributed by atoms with Crippen LogP contribution in [-0.4, -0.2) is 22.8 Å². The van der Waals surface area contributed by atoms with E-state index in [2.05, 4.69) is 25.8 Å². The molecule has 2 aromatic rings. The Morgan fingerprint density at radius 3 is 2.83 bits per heavy atom. The van der Waals surface area contributed by atoms with Crippen LogP contribution in [0.4, 0.5) is 0 Å². The summed E-state index contributed by atoms with van der Waals surface area (Å²) in [6, 6.07) is 7.61. The molecule has 0 unspecified atom stereocenters. The number of carbonyl (C=O) groups excluding carboxylic acids is 1. The van der Waals surface area contributed by atoms with Gasteiger partial charge in [-0.1, -0.05) is 44.7 Å². The molecule has 1 aromatic heterocycles. The molecule has 0 radical (unpaired) electrons. The number of hydrogen-bond acceptors (Lipinski definition) is 5. The van der Waals surface area contributed by atoms with Crippen molar-refractivity contribution in [2.24, 2.45) is 16.7 Å². The van der Waals surface area contributed by atoms with Gasteiger partial charge >= 0.3 is 5.97 Å². The third-order valence-electron chi connectivity index (χ3n) is 6.58. The van der Waals surface area contributed by atoms with Gasteiger partial charge in [-0.25, -0.2) is 4.98 Å². The number of para-hydroxylation sites is 2. The van der Waals surface area contributed by atoms with Gasteiger partial charge in [0, 0.05) is 5.41 Å². The van der Waals surface area contributed by atoms with Crippen LogP contribution in [0.5, 0.6) is 0 Å². The summed E-state index contributed by atoms with van der Waals surface area (Å²) < 4.78 is 11.5. The average molecular weight is 345 g/mol. The van der Waals surface area contributed by atoms with E-state index in [1.807, 2.05) is 24.3 Å². The van der Waals surface area contributed by atoms with Crippen molar-refractivity contribution in [3.63, 3.8) is 0 Å². The molecule has 1 heterocycles. The van der Waals surface area contributed by atoms with E-state index in [1.54, 1.807) is 0 Å². The number of ether oxygens (including phenoxy) is 1. The van der Waals surface area contributed by atoms with Gasteiger partial charge in [0.1, 0.15) is 17.4 Å². The first-order valence-electron chi connectivity index (χ1n) is 8.58. The molecular weight excluding hydrogens is 322 g/mol. The van der Waals surface area contributed by atoms with Crippen molar-refractivity contribution in [1.82, 2.24) is 4.98 Å². The molecular formula is C19H23NO3S. The Morgan fingerprint density at radius 1 is 1.38 bits per heavy atom. The minimum absolute atomic E-state index is 0.0444. The molecule has 0 spiro atoms. The zero-order chi connectivity index (χ0) is 16.9. The fourth-order valence-electron chi connectivity index (χ4n) is 4.53. The van der Waals surface area contributed by atoms with E-state index < -0.39 is 0 Å². The normalized spacial score (nSPS) is 30.8. The lowest BCUT2D eigenvalue weighted by Crippen LogP contribution is -2.38. The Morgan fingerprint density at radius 2 is 2.17 bits per heavy atom. The Balaban J connectivity index is 1.37. The molecule has 128 valence electrons. The average Bonchev–Trinajstić information content (AvgIpc) is 3.11. The van der Waals surface area contributed by atoms with Gasteiger partial charge in [-0.05, 0) is 42.7 Å². The highest BCUT2D eigenvalue weighted by Gasteiger charge is 2.62. The lowest BCUT2D eigenvalue weighted by atomic mass is 9.70. The minimum Gasteiger partial charge on any atom is -0.461 e. The summed E-state index contributed by atoms with van der Waals surface area (Å²) in [6.45, 7) is 6.93. The number of nitrogens with zero attached hydrogens (tertiary/aromatic N) is 1. The van der Waals surface area contributed by atoms with Crippen molar-refractivity contribution >= 4 is 28.8 Å². The van der Waals surface area contributed by atoms with Crippen molar-refractivity contribution in [1.29, 1.82) is 0 Å². The molecule has 0 N–H and O–H groups in total. The monoisotopic (exact) mass is 345 g/mol. The summed E-state index contributed by atoms with van der Waals surface area (Å²) in [6.07, 6.45) is 3.46. The molecule has 2 fully saturated rings. The molecule has 2 aliphatic carbocycles. The van der Waals surface area contributed by atoms with E-state index in [0.717, 1.165) is 23.9 Å². The fourth-order valence-corrected chi connectivity index (χ4v) is 5.16. The Bertz CT molecular complexity index is 751. The Labute approximate surface area is 146 Å². The van der Waals surface area contributed by atoms with Crippen LogP contribution in [0.15, 0.2) is 33.9 Å². The van der Waals surface area contributed by atoms with Gasteiger partial charge in [-0.2, -0.15) is 0 Å². The summed E-state index contributed by atoms with van der Waals surface area (Å²) in [5.41, 5.74) is 1.92. The van der Waals surface area contributed by atoms with E-state index in [9.17, 15) is 4.79 Å². The fraction of sp³-hybridized carbons (Fsp3) is 0.579. The number of benzene rings is 1. The quantitative estimate of drug-likeness (QED) is 0.595. The van der Waals surface area contributed by atoms with Crippen molar-refractivity contribution in [3.8, 4) is 0 Å². The van der Waals surface area contributed by atoms with E-state index in [0.29, 0.717) is 11.1 Å². The standard InChI is InChI=1S/C19H23NO3S/c1-18(2)12-8-9-19(18,3)15(10-12)23-16(21)11-24-17-20-13-6-4-5-7-14(13)22-17/h4-7,12,15H,8-11H2,1-3H3/t12-,15+,19-/m0/s1. The zero-order valence-corrected chi connectivity index (χ0v) is 15.2. The van der Waals surface area contributed by atoms with Crippen LogP contribution < -0.4 is 0 Å². The first kappa shape index (κ1) is 16.0. The number of oxazole rings is 1. The molecule has 24 heavy (non-hydrogen) atoms. The van der Waals surface area contributed by atoms with Gasteiger partial charge in [0.05, 0.1) is 0 Å². The van der Waals surface area contributed by atoms with Crippen LogP contribution in [0.3, 0.4) is 0 Å². The van der Waals surface area contributed by atoms with Crippen LogP contribution in [-0.2, 0) is 9.53 Å². The highest BCUT2D eigenvalue weighted by atomic mass is 32.2. The van der Waals surface area contributed by atoms with Gasteiger partial charge in [0.25, 0.3) is 5.22 Å². The van der Waals surface area contributed by atoms with Crippen LogP contribution in [0, 0.1) is 16.7 Å². The van der Waals surface area contributed by atoms with E-state index in [4.69, 9.17) is 9.15 Å². The number of fused-ring (bicyclic) bond motifs is 3. The van der Waals surface area contributed by atoms with Crippen LogP contribution in [0.2, 0.25) is 0 Å². The van der Waals surface area contributed by atoms with Crippen LogP contribution >= 0.6 is 11.8 Å². The zero-order valence-electron chi connectivity index (χ0n) is 14.4. The van der Waals surface area contributed by atoms with E-state index in [1.165, 1.54) is 18.2 Å². The van der Waals surface area contributed by atoms with Crippen LogP contribution in [0.25, 0.3) is 11.1 Å². The minimum atomic E-state index is -0.170. The van der Waals surface area contributed by atoms with Gasteiger partial charge < -0.3 is 9.15 Å². The molecule has 5 heteroatoms. The molecule has 2 saturated carbocycles. The van der Waals surface area contributed by atoms with Crippen molar-refractivity contribution in [2.75, 3.05) is 5.75 Å². The van der Waals surface area contributed by atoms with Gasteiger partial charge in [0.15, 0.2) is 5.58 Å². The molecule has 4 rings (SSSR count). The third kappa shape index (κ3) is 2.36. The van der Waals surface area contributed by atoms with Gasteiger partial charge in [-0.15, -0.1) is 0 Å². The first-order valence-corrected chi connectivity index (χ1v) is 9.56. The van der Waals surface area contributed by atoms with Crippen molar-refractivity contribution < 1.29 is 13.9 Å². The van der Waals surface area contributed by atoms with Gasteiger partial charge in [-0.3, -0.25) is 4.79 Å². The topological polar surface area (TPSA) is 52.3 Å². The molecule has 1 aromatic carbocycles. The summed E-state index contributed by atoms with van der Waals surface area (Å²) in [4.78, 5) is 16.7. The smallest absolute Gasteiger partial charge is 0.316 e. The molecule has 0 amide bonds. The second kappa shape index (κ2) is 5.51. The van der Waals surface area contributed by atoms with Gasteiger partial charge in [0.2, 0.25) is 0 Å². The van der Waals surface area contributed by atoms with Crippen molar-refractivity contribution in [3.05, 3.63) is 24.3 Å². The second-order valence-corrected chi connectivity index (χ2v) is 8.75. The predicted molar refractivity (Wildman–Crippen MR) is 93.8 cm³/mol. The third-order valence-corrected chi connectivity index (χ3v) is 7.38. The number of rotatable bonds is 4. The Kier molecular flexibility index (Phi) is 3.68. The highest BCUT2D eigenvalue weighted by molar-refractivity contribution is 7.99. The largest absolute Gasteiger partial charge is 0.461 e. The lowest BCUT2D eigenvalue weighted by Gasteiger charge is -2.38. The maximum Gasteiger partial charge on any atom is 0.316 e. The van der Waals surface area contributed by atoms with Crippen LogP contribution in [0.1, 0.15) is 40.0 Å². The maximum absolute atomic E-state index is 12.3. The number of thioether (sulfide) groups is 1. The summed E-state index contributed by atoms with van der Waals surface area (Å²) >= 11 is 1.30. The first-order chi connectivity index (χ1) is 11.4. The van der Waals surface area contributed by atoms with Crippen molar-refractivity contribution in [2.45, 2.75) is 51.4 Å². The lowest BCUT2D eigenvalue weighted by molar-refractivity contribution is -0.153. The summed E-state index contributed by atoms with van der Waals surface area (Å²) in [7, 11) is 0. The molecule has 3 atom stereocenters. The highest BCUT2D eigenvalue weighted by Crippen LogP contribution is 2.66. The number of hydrogen-bond donors (Lipinski definition) is 0. The Hall–Kier alpha value is -1.49. The second-order valence-electron chi connectivity index (χ2n) is 7.83. The predicted octanol–water partition coefficient (Wildman–Crippen LogP) is 4.68. The molecule has 4 nitrogen and oxygen atoms in total. The SMILES string of the molecule is CC1(C)[C@H]2CC[C@@]1(C)[C@H](OC(=O)CSc1nc3ccccc3o1)C2. The number of aromatic nitrogens is 1. The summed E-state index contributed by atoms with van der Waals surface area (Å²) in [5, 5.41) is 0.521. The van der Waals surface area contributed by atoms with E-state index in [-0.39, 0.29) is 28.7 Å². The number of carbonyl (C=O) groups is 1. The van der Waals surface area contributed by atoms with E-state index >= 15 is 0 Å². The number of esters is 1. The molecule has 0 saturated heterocycles. The molecule has 0 aliphatic heterocycles. The molecule has 2 bridgehead atoms. The summed E-state index contributed by atoms with van der Waals surface area (Å²) in [5.74, 6) is 0.742. The molecule has 2 aliphatic rings. The maximum atomic E-state index is 12.3.